The number of nitrogens with two attached hydrogens (primary N) is 1. The maximum Gasteiger partial charge on any atom is 0.258 e. The van der Waals surface area contributed by atoms with Crippen LogP contribution in [0.5, 0.6) is 0 Å². The average Bonchev–Trinajstić information content (AvgIpc) is 4.21. The van der Waals surface area contributed by atoms with Gasteiger partial charge in [0.15, 0.2) is 0 Å². The Morgan fingerprint density at radius 1 is 0.803 bits per heavy atom. The number of amides is 6. The number of aliphatic hydroxyl groups is 1. The highest BCUT2D eigenvalue weighted by Gasteiger charge is 2.51. The number of amidine groups is 1. The molecular weight excluding hydrogens is 981 g/mol. The summed E-state index contributed by atoms with van der Waals surface area (Å²) in [7, 11) is 0. The topological polar surface area (TPSA) is 263 Å². The van der Waals surface area contributed by atoms with Crippen molar-refractivity contribution in [3.05, 3.63) is 100 Å². The van der Waals surface area contributed by atoms with Gasteiger partial charge in [-0.25, -0.2) is 9.89 Å². The molecular formula is C55H70N8O13. The molecule has 0 spiro atoms. The summed E-state index contributed by atoms with van der Waals surface area (Å²) in [6.07, 6.45) is 9.18. The predicted molar refractivity (Wildman–Crippen MR) is 281 cm³/mol. The van der Waals surface area contributed by atoms with Crippen molar-refractivity contribution in [1.82, 2.24) is 20.1 Å². The van der Waals surface area contributed by atoms with Crippen LogP contribution in [-0.4, -0.2) is 173 Å². The molecule has 1 aliphatic carbocycles. The molecule has 76 heavy (non-hydrogen) atoms. The number of aliphatic imine (C=N–C) groups is 1. The van der Waals surface area contributed by atoms with Gasteiger partial charge in [0, 0.05) is 74.5 Å². The van der Waals surface area contributed by atoms with Gasteiger partial charge in [0.05, 0.1) is 127 Å². The van der Waals surface area contributed by atoms with Crippen LogP contribution in [0.25, 0.3) is 6.08 Å². The highest BCUT2D eigenvalue weighted by atomic mass is 16.6. The summed E-state index contributed by atoms with van der Waals surface area (Å²) in [4.78, 5) is 90.1. The second-order valence-corrected chi connectivity index (χ2v) is 18.6. The molecule has 0 atom stereocenters. The Balaban J connectivity index is 0.679. The molecule has 0 saturated heterocycles. The van der Waals surface area contributed by atoms with E-state index < -0.39 is 17.2 Å². The van der Waals surface area contributed by atoms with Gasteiger partial charge in [0.25, 0.3) is 11.8 Å². The first-order valence-electron chi connectivity index (χ1n) is 26.0. The third-order valence-electron chi connectivity index (χ3n) is 13.1. The number of benzene rings is 2. The number of carbonyl (C=O) groups excluding carboxylic acids is 6. The summed E-state index contributed by atoms with van der Waals surface area (Å²) >= 11 is 0. The van der Waals surface area contributed by atoms with Crippen molar-refractivity contribution in [1.29, 1.82) is 0 Å². The van der Waals surface area contributed by atoms with Crippen LogP contribution in [0.1, 0.15) is 67.0 Å². The third kappa shape index (κ3) is 16.4. The summed E-state index contributed by atoms with van der Waals surface area (Å²) in [6.45, 7) is 8.41. The number of carbonyl (C=O) groups is 6. The van der Waals surface area contributed by atoms with Gasteiger partial charge in [-0.05, 0) is 66.3 Å². The molecule has 5 N–H and O–H groups in total. The van der Waals surface area contributed by atoms with E-state index in [0.717, 1.165) is 39.3 Å². The summed E-state index contributed by atoms with van der Waals surface area (Å²) in [5.74, 6) is -1.01. The van der Waals surface area contributed by atoms with Crippen molar-refractivity contribution in [2.75, 3.05) is 122 Å². The summed E-state index contributed by atoms with van der Waals surface area (Å²) in [5.41, 5.74) is 11.8. The molecule has 4 heterocycles. The SMILES string of the molecule is CCCN(CCO)C(=O)C1=Cc2ccc(C3(C(=O)Nc4cnc5c(c4)CN(C(=O)CCOCCOCCOCCOCCOCCOCCNC(=O)Cc4ccc(N6C(=O)C=CC6=O)cc4)CC5)CC3)cc2N=C(N)C1. The van der Waals surface area contributed by atoms with E-state index >= 15 is 0 Å². The van der Waals surface area contributed by atoms with Gasteiger partial charge in [-0.2, -0.15) is 0 Å². The molecule has 21 nitrogen and oxygen atoms in total. The van der Waals surface area contributed by atoms with E-state index in [1.165, 1.54) is 12.2 Å². The number of ether oxygens (including phenoxy) is 6. The molecule has 408 valence electrons. The van der Waals surface area contributed by atoms with Gasteiger partial charge in [-0.1, -0.05) is 31.2 Å². The van der Waals surface area contributed by atoms with E-state index in [4.69, 9.17) is 34.2 Å². The number of anilines is 2. The van der Waals surface area contributed by atoms with Crippen molar-refractivity contribution >= 4 is 64.4 Å². The fraction of sp³-hybridized carbons (Fsp3) is 0.491. The van der Waals surface area contributed by atoms with Gasteiger partial charge >= 0.3 is 0 Å². The van der Waals surface area contributed by atoms with Crippen LogP contribution in [0.3, 0.4) is 0 Å². The fourth-order valence-electron chi connectivity index (χ4n) is 8.91. The van der Waals surface area contributed by atoms with Gasteiger partial charge in [0.1, 0.15) is 5.84 Å². The van der Waals surface area contributed by atoms with Crippen LogP contribution in [0.4, 0.5) is 17.1 Å². The smallest absolute Gasteiger partial charge is 0.258 e. The van der Waals surface area contributed by atoms with Crippen molar-refractivity contribution in [3.8, 4) is 0 Å². The molecule has 6 amide bonds. The Kier molecular flexibility index (Phi) is 21.7. The van der Waals surface area contributed by atoms with Crippen molar-refractivity contribution < 1.29 is 62.3 Å². The Hall–Kier alpha value is -6.72. The molecule has 0 unspecified atom stereocenters. The highest BCUT2D eigenvalue weighted by molar-refractivity contribution is 6.28. The minimum Gasteiger partial charge on any atom is -0.395 e. The molecule has 1 aromatic heterocycles. The van der Waals surface area contributed by atoms with E-state index in [0.29, 0.717) is 147 Å². The lowest BCUT2D eigenvalue weighted by Crippen LogP contribution is -2.37. The number of aromatic nitrogens is 1. The van der Waals surface area contributed by atoms with E-state index in [1.54, 1.807) is 46.3 Å². The number of fused-ring (bicyclic) bond motifs is 2. The molecule has 1 saturated carbocycles. The summed E-state index contributed by atoms with van der Waals surface area (Å²) in [5, 5.41) is 15.4. The standard InChI is InChI=1S/C55H70N8O13/c1-2-16-61(18-19-64)53(69)41-33-40-5-6-43(36-47(40)60-48(56)35-41)55(13-14-55)54(70)59-44-34-42-38-62(17-11-46(42)58-37-44)50(66)12-20-71-22-24-73-26-28-75-30-31-76-29-27-74-25-23-72-21-15-57-49(65)32-39-3-7-45(8-4-39)63-51(67)9-10-52(63)68/h3-10,33-34,36-37,64H,2,11-32,35,38H2,1H3,(H2,56,60)(H,57,65)(H,59,70). The maximum atomic E-state index is 13.9. The lowest BCUT2D eigenvalue weighted by atomic mass is 9.92. The quantitative estimate of drug-likeness (QED) is 0.0518. The maximum absolute atomic E-state index is 13.9. The van der Waals surface area contributed by atoms with Crippen LogP contribution in [0.15, 0.2) is 77.4 Å². The van der Waals surface area contributed by atoms with E-state index in [2.05, 4.69) is 20.6 Å². The first-order valence-corrected chi connectivity index (χ1v) is 26.0. The van der Waals surface area contributed by atoms with Crippen LogP contribution in [0, 0.1) is 0 Å². The Bertz CT molecular complexity index is 2580. The first kappa shape index (κ1) is 57.0. The number of hydrogen-bond donors (Lipinski definition) is 4. The monoisotopic (exact) mass is 1050 g/mol. The molecule has 0 radical (unpaired) electrons. The van der Waals surface area contributed by atoms with Crippen LogP contribution in [0.2, 0.25) is 0 Å². The normalized spacial score (nSPS) is 15.4. The second kappa shape index (κ2) is 29.0. The molecule has 2 aromatic carbocycles. The Labute approximate surface area is 442 Å². The van der Waals surface area contributed by atoms with Gasteiger partial charge in [-0.3, -0.25) is 33.8 Å². The van der Waals surface area contributed by atoms with Gasteiger partial charge in [-0.15, -0.1) is 0 Å². The third-order valence-corrected chi connectivity index (χ3v) is 13.1. The molecule has 21 heteroatoms. The summed E-state index contributed by atoms with van der Waals surface area (Å²) < 4.78 is 33.4. The molecule has 3 aromatic rings. The molecule has 7 rings (SSSR count). The molecule has 4 aliphatic rings. The van der Waals surface area contributed by atoms with Crippen LogP contribution in [-0.2, 0) is 82.0 Å². The number of aliphatic hydroxyl groups excluding tert-OH is 1. The Morgan fingerprint density at radius 3 is 2.05 bits per heavy atom. The molecule has 3 aliphatic heterocycles. The highest BCUT2D eigenvalue weighted by Crippen LogP contribution is 2.50. The fourth-order valence-corrected chi connectivity index (χ4v) is 8.91. The molecule has 1 fully saturated rings. The molecule has 0 bridgehead atoms. The average molecular weight is 1050 g/mol. The van der Waals surface area contributed by atoms with Crippen LogP contribution < -0.4 is 21.3 Å². The lowest BCUT2D eigenvalue weighted by Gasteiger charge is -2.29. The number of imide groups is 1. The van der Waals surface area contributed by atoms with Crippen LogP contribution >= 0.6 is 0 Å². The zero-order chi connectivity index (χ0) is 53.7. The predicted octanol–water partition coefficient (Wildman–Crippen LogP) is 2.92. The largest absolute Gasteiger partial charge is 0.395 e. The van der Waals surface area contributed by atoms with Crippen molar-refractivity contribution in [2.24, 2.45) is 10.7 Å². The van der Waals surface area contributed by atoms with E-state index in [-0.39, 0.29) is 62.6 Å². The number of nitrogens with one attached hydrogen (secondary N) is 2. The van der Waals surface area contributed by atoms with Gasteiger partial charge < -0.3 is 59.7 Å². The van der Waals surface area contributed by atoms with E-state index in [9.17, 15) is 33.9 Å². The van der Waals surface area contributed by atoms with E-state index in [1.807, 2.05) is 31.2 Å². The number of hydrogen-bond acceptors (Lipinski definition) is 16. The van der Waals surface area contributed by atoms with Gasteiger partial charge in [0.2, 0.25) is 23.6 Å². The minimum atomic E-state index is -0.743. The zero-order valence-electron chi connectivity index (χ0n) is 43.3. The lowest BCUT2D eigenvalue weighted by molar-refractivity contribution is -0.133. The summed E-state index contributed by atoms with van der Waals surface area (Å²) in [6, 6.07) is 14.3. The minimum absolute atomic E-state index is 0.0265. The number of pyridine rings is 1. The van der Waals surface area contributed by atoms with Crippen molar-refractivity contribution in [3.63, 3.8) is 0 Å². The number of rotatable bonds is 32. The van der Waals surface area contributed by atoms with Crippen molar-refractivity contribution in [2.45, 2.75) is 63.8 Å². The first-order chi connectivity index (χ1) is 37.0. The zero-order valence-corrected chi connectivity index (χ0v) is 43.3. The second-order valence-electron chi connectivity index (χ2n) is 18.6. The Morgan fingerprint density at radius 2 is 1.43 bits per heavy atom. The number of nitrogens with zero attached hydrogens (tertiary/aromatic N) is 5.